The summed E-state index contributed by atoms with van der Waals surface area (Å²) in [7, 11) is 0. The average Bonchev–Trinajstić information content (AvgIpc) is 3.29. The van der Waals surface area contributed by atoms with Crippen LogP contribution < -0.4 is 10.1 Å². The Kier molecular flexibility index (Phi) is 5.43. The Bertz CT molecular complexity index is 680. The smallest absolute Gasteiger partial charge is 0.255 e. The van der Waals surface area contributed by atoms with Crippen molar-refractivity contribution in [3.8, 4) is 5.75 Å². The van der Waals surface area contributed by atoms with Crippen molar-refractivity contribution in [2.24, 2.45) is 0 Å². The van der Waals surface area contributed by atoms with Crippen molar-refractivity contribution >= 4 is 5.91 Å². The second-order valence-electron chi connectivity index (χ2n) is 5.66. The van der Waals surface area contributed by atoms with Crippen molar-refractivity contribution in [1.82, 2.24) is 20.1 Å². The first-order valence-corrected chi connectivity index (χ1v) is 8.26. The van der Waals surface area contributed by atoms with E-state index in [9.17, 15) is 4.79 Å². The van der Waals surface area contributed by atoms with Gasteiger partial charge < -0.3 is 19.4 Å². The molecule has 24 heavy (non-hydrogen) atoms. The lowest BCUT2D eigenvalue weighted by Gasteiger charge is -2.14. The third-order valence-electron chi connectivity index (χ3n) is 4.02. The van der Waals surface area contributed by atoms with Crippen molar-refractivity contribution in [3.63, 3.8) is 0 Å². The van der Waals surface area contributed by atoms with Gasteiger partial charge in [-0.15, -0.1) is 10.2 Å². The van der Waals surface area contributed by atoms with E-state index in [1.165, 1.54) is 0 Å². The molecule has 1 saturated heterocycles. The minimum Gasteiger partial charge on any atom is -0.490 e. The van der Waals surface area contributed by atoms with Crippen LogP contribution in [0, 0.1) is 0 Å². The van der Waals surface area contributed by atoms with Gasteiger partial charge in [0.05, 0.1) is 18.2 Å². The fraction of sp³-hybridized carbons (Fsp3) is 0.471. The predicted molar refractivity (Wildman–Crippen MR) is 87.8 cm³/mol. The maximum atomic E-state index is 12.5. The molecule has 1 amide bonds. The van der Waals surface area contributed by atoms with E-state index in [-0.39, 0.29) is 12.0 Å². The van der Waals surface area contributed by atoms with E-state index in [1.54, 1.807) is 18.5 Å². The quantitative estimate of drug-likeness (QED) is 0.837. The van der Waals surface area contributed by atoms with Gasteiger partial charge in [-0.25, -0.2) is 0 Å². The number of amides is 1. The molecular weight excluding hydrogens is 308 g/mol. The number of aromatic nitrogens is 3. The van der Waals surface area contributed by atoms with Crippen molar-refractivity contribution < 1.29 is 14.3 Å². The Balaban J connectivity index is 1.61. The van der Waals surface area contributed by atoms with Crippen LogP contribution in [-0.2, 0) is 17.8 Å². The summed E-state index contributed by atoms with van der Waals surface area (Å²) >= 11 is 0. The molecular formula is C17H22N4O3. The molecule has 2 heterocycles. The Morgan fingerprint density at radius 3 is 3.12 bits per heavy atom. The maximum absolute atomic E-state index is 12.5. The first kappa shape index (κ1) is 16.4. The highest BCUT2D eigenvalue weighted by Gasteiger charge is 2.18. The second kappa shape index (κ2) is 7.92. The van der Waals surface area contributed by atoms with E-state index in [4.69, 9.17) is 9.47 Å². The molecule has 1 fully saturated rings. The van der Waals surface area contributed by atoms with E-state index in [1.807, 2.05) is 23.6 Å². The molecule has 1 atom stereocenters. The molecule has 128 valence electrons. The number of hydrogen-bond donors (Lipinski definition) is 1. The summed E-state index contributed by atoms with van der Waals surface area (Å²) in [5, 5.41) is 10.7. The summed E-state index contributed by atoms with van der Waals surface area (Å²) < 4.78 is 13.2. The number of nitrogens with zero attached hydrogens (tertiary/aromatic N) is 3. The number of nitrogens with one attached hydrogen (secondary N) is 1. The highest BCUT2D eigenvalue weighted by molar-refractivity contribution is 5.96. The van der Waals surface area contributed by atoms with Gasteiger partial charge in [0.25, 0.3) is 5.91 Å². The normalized spacial score (nSPS) is 17.0. The van der Waals surface area contributed by atoms with Crippen LogP contribution in [0.15, 0.2) is 30.6 Å². The van der Waals surface area contributed by atoms with Gasteiger partial charge in [0.2, 0.25) is 0 Å². The molecule has 0 bridgehead atoms. The first-order chi connectivity index (χ1) is 11.8. The number of benzene rings is 1. The minimum absolute atomic E-state index is 0.115. The molecule has 2 aromatic rings. The summed E-state index contributed by atoms with van der Waals surface area (Å²) in [6, 6.07) is 7.24. The topological polar surface area (TPSA) is 78.3 Å². The Morgan fingerprint density at radius 2 is 2.33 bits per heavy atom. The second-order valence-corrected chi connectivity index (χ2v) is 5.66. The summed E-state index contributed by atoms with van der Waals surface area (Å²) in [6.45, 7) is 4.34. The molecule has 1 aliphatic rings. The van der Waals surface area contributed by atoms with Crippen LogP contribution in [0.1, 0.15) is 35.9 Å². The predicted octanol–water partition coefficient (Wildman–Crippen LogP) is 1.79. The maximum Gasteiger partial charge on any atom is 0.255 e. The van der Waals surface area contributed by atoms with Crippen molar-refractivity contribution in [2.75, 3.05) is 13.2 Å². The molecule has 0 unspecified atom stereocenters. The lowest BCUT2D eigenvalue weighted by Crippen LogP contribution is -2.26. The number of carbonyl (C=O) groups is 1. The monoisotopic (exact) mass is 330 g/mol. The van der Waals surface area contributed by atoms with Crippen molar-refractivity contribution in [1.29, 1.82) is 0 Å². The van der Waals surface area contributed by atoms with Crippen LogP contribution in [0.25, 0.3) is 0 Å². The largest absolute Gasteiger partial charge is 0.490 e. The third kappa shape index (κ3) is 3.91. The van der Waals surface area contributed by atoms with Crippen LogP contribution >= 0.6 is 0 Å². The van der Waals surface area contributed by atoms with E-state index < -0.39 is 0 Å². The lowest BCUT2D eigenvalue weighted by molar-refractivity contribution is 0.0670. The highest BCUT2D eigenvalue weighted by atomic mass is 16.5. The van der Waals surface area contributed by atoms with Crippen LogP contribution in [0.4, 0.5) is 0 Å². The van der Waals surface area contributed by atoms with Gasteiger partial charge in [0.15, 0.2) is 5.82 Å². The van der Waals surface area contributed by atoms with Gasteiger partial charge in [0.1, 0.15) is 18.7 Å². The molecule has 7 heteroatoms. The molecule has 0 aliphatic carbocycles. The van der Waals surface area contributed by atoms with Crippen LogP contribution in [0.2, 0.25) is 0 Å². The molecule has 3 rings (SSSR count). The van der Waals surface area contributed by atoms with Crippen molar-refractivity contribution in [2.45, 2.75) is 39.0 Å². The molecule has 1 aromatic carbocycles. The van der Waals surface area contributed by atoms with Gasteiger partial charge in [0, 0.05) is 13.2 Å². The SMILES string of the molecule is CCn1cnnc1CNC(=O)c1ccccc1OC[C@H]1CCCO1. The molecule has 0 saturated carbocycles. The number of hydrogen-bond acceptors (Lipinski definition) is 5. The van der Waals surface area contributed by atoms with Gasteiger partial charge in [-0.1, -0.05) is 12.1 Å². The number of rotatable bonds is 7. The summed E-state index contributed by atoms with van der Waals surface area (Å²) in [6.07, 6.45) is 3.83. The standard InChI is InChI=1S/C17H22N4O3/c1-2-21-12-19-20-16(21)10-18-17(22)14-7-3-4-8-15(14)24-11-13-6-5-9-23-13/h3-4,7-8,12-13H,2,5-6,9-11H2,1H3,(H,18,22)/t13-/m1/s1. The molecule has 1 N–H and O–H groups in total. The Labute approximate surface area is 141 Å². The zero-order valence-corrected chi connectivity index (χ0v) is 13.8. The number of carbonyl (C=O) groups excluding carboxylic acids is 1. The molecule has 1 aromatic heterocycles. The van der Waals surface area contributed by atoms with Gasteiger partial charge in [-0.05, 0) is 31.9 Å². The van der Waals surface area contributed by atoms with E-state index >= 15 is 0 Å². The van der Waals surface area contributed by atoms with E-state index in [0.717, 1.165) is 31.8 Å². The molecule has 0 radical (unpaired) electrons. The van der Waals surface area contributed by atoms with Gasteiger partial charge in [-0.2, -0.15) is 0 Å². The third-order valence-corrected chi connectivity index (χ3v) is 4.02. The zero-order valence-electron chi connectivity index (χ0n) is 13.8. The molecule has 7 nitrogen and oxygen atoms in total. The molecule has 1 aliphatic heterocycles. The average molecular weight is 330 g/mol. The van der Waals surface area contributed by atoms with Crippen LogP contribution in [0.3, 0.4) is 0 Å². The highest BCUT2D eigenvalue weighted by Crippen LogP contribution is 2.20. The summed E-state index contributed by atoms with van der Waals surface area (Å²) in [5.74, 6) is 1.11. The van der Waals surface area contributed by atoms with Crippen LogP contribution in [-0.4, -0.2) is 40.0 Å². The van der Waals surface area contributed by atoms with Crippen molar-refractivity contribution in [3.05, 3.63) is 42.0 Å². The Hall–Kier alpha value is -2.41. The molecule has 0 spiro atoms. The zero-order chi connectivity index (χ0) is 16.8. The number of aryl methyl sites for hydroxylation is 1. The minimum atomic E-state index is -0.191. The number of para-hydroxylation sites is 1. The van der Waals surface area contributed by atoms with E-state index in [2.05, 4.69) is 15.5 Å². The summed E-state index contributed by atoms with van der Waals surface area (Å²) in [5.41, 5.74) is 0.512. The van der Waals surface area contributed by atoms with E-state index in [0.29, 0.717) is 24.5 Å². The number of ether oxygens (including phenoxy) is 2. The fourth-order valence-corrected chi connectivity index (χ4v) is 2.67. The fourth-order valence-electron chi connectivity index (χ4n) is 2.67. The van der Waals surface area contributed by atoms with Gasteiger partial charge in [-0.3, -0.25) is 4.79 Å². The lowest BCUT2D eigenvalue weighted by atomic mass is 10.2. The first-order valence-electron chi connectivity index (χ1n) is 8.26. The summed E-state index contributed by atoms with van der Waals surface area (Å²) in [4.78, 5) is 12.5. The van der Waals surface area contributed by atoms with Gasteiger partial charge >= 0.3 is 0 Å². The van der Waals surface area contributed by atoms with Crippen LogP contribution in [0.5, 0.6) is 5.75 Å². The Morgan fingerprint density at radius 1 is 1.46 bits per heavy atom.